The van der Waals surface area contributed by atoms with Crippen molar-refractivity contribution in [2.24, 2.45) is 0 Å². The molecule has 0 fully saturated rings. The van der Waals surface area contributed by atoms with Gasteiger partial charge in [0.25, 0.3) is 0 Å². The molecule has 0 heterocycles. The Kier molecular flexibility index (Phi) is 3.69. The smallest absolute Gasteiger partial charge is 0.310 e. The number of halogens is 1. The van der Waals surface area contributed by atoms with Gasteiger partial charge in [-0.15, -0.1) is 0 Å². The summed E-state index contributed by atoms with van der Waals surface area (Å²) in [5, 5.41) is 18.2. The number of ether oxygens (including phenoxy) is 1. The molecule has 1 rings (SSSR count). The molecule has 1 aromatic carbocycles. The van der Waals surface area contributed by atoms with Crippen molar-refractivity contribution in [1.29, 1.82) is 5.26 Å². The zero-order valence-corrected chi connectivity index (χ0v) is 9.54. The molecular formula is C10H8BrNO3. The van der Waals surface area contributed by atoms with Crippen molar-refractivity contribution in [3.8, 4) is 11.8 Å². The molecule has 0 saturated heterocycles. The molecule has 1 aromatic rings. The monoisotopic (exact) mass is 269 g/mol. The highest BCUT2D eigenvalue weighted by Gasteiger charge is 2.11. The van der Waals surface area contributed by atoms with Crippen molar-refractivity contribution in [3.05, 3.63) is 27.7 Å². The van der Waals surface area contributed by atoms with Gasteiger partial charge in [0.1, 0.15) is 5.75 Å². The lowest BCUT2D eigenvalue weighted by Crippen LogP contribution is -2.06. The van der Waals surface area contributed by atoms with Gasteiger partial charge in [-0.25, -0.2) is 0 Å². The molecule has 0 aliphatic carbocycles. The van der Waals surface area contributed by atoms with E-state index in [1.165, 1.54) is 19.2 Å². The van der Waals surface area contributed by atoms with Gasteiger partial charge in [0.15, 0.2) is 0 Å². The third-order valence-corrected chi connectivity index (χ3v) is 2.49. The molecule has 0 aromatic heterocycles. The Morgan fingerprint density at radius 1 is 1.67 bits per heavy atom. The number of phenolic OH excluding ortho intramolecular Hbond substituents is 1. The number of aromatic hydroxyl groups is 1. The van der Waals surface area contributed by atoms with Crippen LogP contribution in [0.25, 0.3) is 0 Å². The van der Waals surface area contributed by atoms with E-state index in [-0.39, 0.29) is 12.2 Å². The molecule has 0 unspecified atom stereocenters. The Morgan fingerprint density at radius 3 is 2.87 bits per heavy atom. The second-order valence-corrected chi connectivity index (χ2v) is 3.68. The van der Waals surface area contributed by atoms with E-state index in [0.29, 0.717) is 15.6 Å². The summed E-state index contributed by atoms with van der Waals surface area (Å²) in [5.41, 5.74) is 0.787. The average molecular weight is 270 g/mol. The summed E-state index contributed by atoms with van der Waals surface area (Å²) in [6, 6.07) is 4.78. The lowest BCUT2D eigenvalue weighted by Gasteiger charge is -2.05. The molecular weight excluding hydrogens is 262 g/mol. The van der Waals surface area contributed by atoms with Crippen LogP contribution in [-0.4, -0.2) is 18.2 Å². The van der Waals surface area contributed by atoms with E-state index in [9.17, 15) is 9.90 Å². The number of phenols is 1. The molecule has 78 valence electrons. The van der Waals surface area contributed by atoms with Crippen LogP contribution in [0.2, 0.25) is 0 Å². The van der Waals surface area contributed by atoms with E-state index in [0.717, 1.165) is 0 Å². The second-order valence-electron chi connectivity index (χ2n) is 2.83. The molecule has 0 spiro atoms. The first-order chi connectivity index (χ1) is 7.08. The van der Waals surface area contributed by atoms with Crippen LogP contribution < -0.4 is 0 Å². The van der Waals surface area contributed by atoms with Gasteiger partial charge in [-0.3, -0.25) is 4.79 Å². The number of esters is 1. The van der Waals surface area contributed by atoms with Gasteiger partial charge in [-0.1, -0.05) is 0 Å². The van der Waals surface area contributed by atoms with Crippen LogP contribution >= 0.6 is 15.9 Å². The number of nitriles is 1. The first-order valence-corrected chi connectivity index (χ1v) is 4.86. The number of nitrogens with zero attached hydrogens (tertiary/aromatic N) is 1. The minimum Gasteiger partial charge on any atom is -0.507 e. The number of carbonyl (C=O) groups excluding carboxylic acids is 1. The summed E-state index contributed by atoms with van der Waals surface area (Å²) >= 11 is 3.09. The zero-order valence-electron chi connectivity index (χ0n) is 7.95. The van der Waals surface area contributed by atoms with Gasteiger partial charge < -0.3 is 9.84 Å². The van der Waals surface area contributed by atoms with E-state index < -0.39 is 5.97 Å². The minimum absolute atomic E-state index is 0.00657. The van der Waals surface area contributed by atoms with Crippen molar-refractivity contribution in [2.45, 2.75) is 6.42 Å². The van der Waals surface area contributed by atoms with Crippen LogP contribution in [0.5, 0.6) is 5.75 Å². The maximum atomic E-state index is 11.0. The highest BCUT2D eigenvalue weighted by Crippen LogP contribution is 2.27. The summed E-state index contributed by atoms with van der Waals surface area (Å²) in [5.74, 6) is -0.457. The average Bonchev–Trinajstić information content (AvgIpc) is 2.22. The van der Waals surface area contributed by atoms with E-state index in [1.54, 1.807) is 0 Å². The predicted molar refractivity (Wildman–Crippen MR) is 56.2 cm³/mol. The number of benzene rings is 1. The normalized spacial score (nSPS) is 9.40. The molecule has 4 nitrogen and oxygen atoms in total. The maximum Gasteiger partial charge on any atom is 0.310 e. The highest BCUT2D eigenvalue weighted by atomic mass is 79.9. The van der Waals surface area contributed by atoms with Gasteiger partial charge in [0, 0.05) is 0 Å². The fourth-order valence-electron chi connectivity index (χ4n) is 1.08. The van der Waals surface area contributed by atoms with Crippen LogP contribution in [0.1, 0.15) is 11.1 Å². The molecule has 0 atom stereocenters. The van der Waals surface area contributed by atoms with Gasteiger partial charge in [-0.2, -0.15) is 5.26 Å². The predicted octanol–water partition coefficient (Wildman–Crippen LogP) is 1.74. The highest BCUT2D eigenvalue weighted by molar-refractivity contribution is 9.10. The molecule has 0 saturated carbocycles. The van der Waals surface area contributed by atoms with E-state index >= 15 is 0 Å². The first-order valence-electron chi connectivity index (χ1n) is 4.06. The van der Waals surface area contributed by atoms with Gasteiger partial charge in [-0.05, 0) is 33.6 Å². The fourth-order valence-corrected chi connectivity index (χ4v) is 1.43. The summed E-state index contributed by atoms with van der Waals surface area (Å²) in [7, 11) is 1.27. The molecule has 0 aliphatic heterocycles. The topological polar surface area (TPSA) is 70.3 Å². The quantitative estimate of drug-likeness (QED) is 0.831. The van der Waals surface area contributed by atoms with Gasteiger partial charge >= 0.3 is 5.97 Å². The molecule has 0 aliphatic rings. The van der Waals surface area contributed by atoms with E-state index in [4.69, 9.17) is 5.26 Å². The lowest BCUT2D eigenvalue weighted by molar-refractivity contribution is -0.139. The van der Waals surface area contributed by atoms with Crippen LogP contribution in [0.15, 0.2) is 16.6 Å². The van der Waals surface area contributed by atoms with Crippen molar-refractivity contribution < 1.29 is 14.6 Å². The number of rotatable bonds is 2. The molecule has 1 N–H and O–H groups in total. The van der Waals surface area contributed by atoms with Crippen LogP contribution in [0, 0.1) is 11.3 Å². The van der Waals surface area contributed by atoms with Crippen LogP contribution in [-0.2, 0) is 16.0 Å². The number of hydrogen-bond acceptors (Lipinski definition) is 4. The van der Waals surface area contributed by atoms with E-state index in [1.807, 2.05) is 6.07 Å². The second kappa shape index (κ2) is 4.80. The lowest BCUT2D eigenvalue weighted by atomic mass is 10.1. The largest absolute Gasteiger partial charge is 0.507 e. The zero-order chi connectivity index (χ0) is 11.4. The summed E-state index contributed by atoms with van der Waals surface area (Å²) in [6.07, 6.45) is -0.0275. The molecule has 0 amide bonds. The van der Waals surface area contributed by atoms with Crippen molar-refractivity contribution >= 4 is 21.9 Å². The Balaban J connectivity index is 3.12. The minimum atomic E-state index is -0.451. The molecule has 5 heteroatoms. The molecule has 15 heavy (non-hydrogen) atoms. The third kappa shape index (κ3) is 2.70. The van der Waals surface area contributed by atoms with Crippen molar-refractivity contribution in [1.82, 2.24) is 0 Å². The standard InChI is InChI=1S/C10H8BrNO3/c1-15-10(14)4-6-3-9(13)8(11)2-7(6)5-12/h2-3,13H,4H2,1H3. The molecule has 0 bridgehead atoms. The van der Waals surface area contributed by atoms with Gasteiger partial charge in [0.2, 0.25) is 0 Å². The SMILES string of the molecule is COC(=O)Cc1cc(O)c(Br)cc1C#N. The summed E-state index contributed by atoms with van der Waals surface area (Å²) < 4.78 is 4.91. The Labute approximate surface area is 95.2 Å². The van der Waals surface area contributed by atoms with Crippen molar-refractivity contribution in [3.63, 3.8) is 0 Å². The maximum absolute atomic E-state index is 11.0. The van der Waals surface area contributed by atoms with Gasteiger partial charge in [0.05, 0.1) is 29.6 Å². The Morgan fingerprint density at radius 2 is 2.33 bits per heavy atom. The third-order valence-electron chi connectivity index (χ3n) is 1.86. The summed E-state index contributed by atoms with van der Waals surface area (Å²) in [6.45, 7) is 0. The Bertz CT molecular complexity index is 437. The van der Waals surface area contributed by atoms with E-state index in [2.05, 4.69) is 20.7 Å². The molecule has 0 radical (unpaired) electrons. The van der Waals surface area contributed by atoms with Crippen LogP contribution in [0.4, 0.5) is 0 Å². The van der Waals surface area contributed by atoms with Crippen LogP contribution in [0.3, 0.4) is 0 Å². The first kappa shape index (κ1) is 11.5. The fraction of sp³-hybridized carbons (Fsp3) is 0.200. The number of hydrogen-bond donors (Lipinski definition) is 1. The number of carbonyl (C=O) groups is 1. The van der Waals surface area contributed by atoms with Crippen molar-refractivity contribution in [2.75, 3.05) is 7.11 Å². The number of methoxy groups -OCH3 is 1. The summed E-state index contributed by atoms with van der Waals surface area (Å²) in [4.78, 5) is 11.0. The Hall–Kier alpha value is -1.54.